The highest BCUT2D eigenvalue weighted by atomic mass is 32.2. The minimum atomic E-state index is -4.02. The lowest BCUT2D eigenvalue weighted by atomic mass is 10.1. The molecular formula is C14H10N2O6S. The van der Waals surface area contributed by atoms with E-state index in [9.17, 15) is 18.0 Å². The molecule has 0 saturated carbocycles. The molecule has 0 heterocycles. The molecule has 0 aliphatic heterocycles. The molecule has 2 N–H and O–H groups in total. The maximum absolute atomic E-state index is 11.9. The van der Waals surface area contributed by atoms with Crippen LogP contribution in [0.1, 0.15) is 20.7 Å². The van der Waals surface area contributed by atoms with Crippen molar-refractivity contribution in [3.8, 4) is 0 Å². The Labute approximate surface area is 130 Å². The molecule has 0 unspecified atom stereocenters. The molecule has 9 heteroatoms. The zero-order valence-corrected chi connectivity index (χ0v) is 12.3. The van der Waals surface area contributed by atoms with Crippen molar-refractivity contribution in [2.45, 2.75) is 4.90 Å². The standard InChI is InChI=1S/C14H10N2O6S/c17-13(18)11-7-6-9(8-12(11)14(19)20)15-16-23(21,22)10-4-2-1-3-5-10/h1-8H,(H,17,18)(H,19,20)/b16-15+. The van der Waals surface area contributed by atoms with Crippen LogP contribution in [0.15, 0.2) is 63.1 Å². The van der Waals surface area contributed by atoms with Gasteiger partial charge in [-0.1, -0.05) is 22.7 Å². The molecule has 0 aliphatic rings. The summed E-state index contributed by atoms with van der Waals surface area (Å²) in [6.07, 6.45) is 0. The molecule has 8 nitrogen and oxygen atoms in total. The Kier molecular flexibility index (Phi) is 4.51. The van der Waals surface area contributed by atoms with Gasteiger partial charge in [0.1, 0.15) is 0 Å². The zero-order chi connectivity index (χ0) is 17.0. The molecular weight excluding hydrogens is 324 g/mol. The van der Waals surface area contributed by atoms with Crippen molar-refractivity contribution in [1.82, 2.24) is 0 Å². The van der Waals surface area contributed by atoms with Gasteiger partial charge in [0.15, 0.2) is 0 Å². The van der Waals surface area contributed by atoms with Gasteiger partial charge in [-0.05, 0) is 30.3 Å². The van der Waals surface area contributed by atoms with E-state index in [2.05, 4.69) is 9.63 Å². The fraction of sp³-hybridized carbons (Fsp3) is 0. The SMILES string of the molecule is O=C(O)c1ccc(/N=N/S(=O)(=O)c2ccccc2)cc1C(=O)O. The number of hydrogen-bond acceptors (Lipinski definition) is 5. The Hall–Kier alpha value is -3.07. The van der Waals surface area contributed by atoms with Crippen molar-refractivity contribution < 1.29 is 28.2 Å². The normalized spacial score (nSPS) is 11.5. The van der Waals surface area contributed by atoms with E-state index in [-0.39, 0.29) is 10.6 Å². The third-order valence-electron chi connectivity index (χ3n) is 2.77. The Morgan fingerprint density at radius 2 is 1.48 bits per heavy atom. The summed E-state index contributed by atoms with van der Waals surface area (Å²) in [5.41, 5.74) is -1.03. The lowest BCUT2D eigenvalue weighted by molar-refractivity contribution is 0.0651. The second kappa shape index (κ2) is 6.36. The Balaban J connectivity index is 2.39. The van der Waals surface area contributed by atoms with E-state index in [0.717, 1.165) is 12.1 Å². The number of carboxylic acid groups (broad SMARTS) is 2. The molecule has 23 heavy (non-hydrogen) atoms. The van der Waals surface area contributed by atoms with E-state index in [1.807, 2.05) is 0 Å². The minimum absolute atomic E-state index is 0.0654. The van der Waals surface area contributed by atoms with Crippen LogP contribution in [0.4, 0.5) is 5.69 Å². The van der Waals surface area contributed by atoms with E-state index in [0.29, 0.717) is 0 Å². The fourth-order valence-electron chi connectivity index (χ4n) is 1.70. The second-order valence-electron chi connectivity index (χ2n) is 4.31. The van der Waals surface area contributed by atoms with Crippen LogP contribution in [0, 0.1) is 0 Å². The van der Waals surface area contributed by atoms with Crippen LogP contribution in [0.3, 0.4) is 0 Å². The molecule has 2 aromatic carbocycles. The quantitative estimate of drug-likeness (QED) is 0.807. The molecule has 0 atom stereocenters. The molecule has 0 fully saturated rings. The first-order valence-corrected chi connectivity index (χ1v) is 7.59. The molecule has 0 saturated heterocycles. The monoisotopic (exact) mass is 334 g/mol. The lowest BCUT2D eigenvalue weighted by Gasteiger charge is -2.02. The fourth-order valence-corrected chi connectivity index (χ4v) is 2.50. The average Bonchev–Trinajstić information content (AvgIpc) is 2.53. The summed E-state index contributed by atoms with van der Waals surface area (Å²) in [4.78, 5) is 21.9. The first-order chi connectivity index (χ1) is 10.8. The van der Waals surface area contributed by atoms with E-state index in [4.69, 9.17) is 10.2 Å². The Bertz CT molecular complexity index is 891. The molecule has 0 aromatic heterocycles. The van der Waals surface area contributed by atoms with Gasteiger partial charge in [-0.25, -0.2) is 9.59 Å². The van der Waals surface area contributed by atoms with Crippen LogP contribution in [-0.2, 0) is 10.0 Å². The average molecular weight is 334 g/mol. The van der Waals surface area contributed by atoms with Gasteiger partial charge in [-0.2, -0.15) is 8.42 Å². The first kappa shape index (κ1) is 16.3. The van der Waals surface area contributed by atoms with Crippen molar-refractivity contribution in [3.63, 3.8) is 0 Å². The maximum atomic E-state index is 11.9. The van der Waals surface area contributed by atoms with Gasteiger partial charge >= 0.3 is 11.9 Å². The second-order valence-corrected chi connectivity index (χ2v) is 5.89. The number of nitrogens with zero attached hydrogens (tertiary/aromatic N) is 2. The number of sulfonamides is 1. The summed E-state index contributed by atoms with van der Waals surface area (Å²) in [7, 11) is -4.02. The predicted molar refractivity (Wildman–Crippen MR) is 78.5 cm³/mol. The summed E-state index contributed by atoms with van der Waals surface area (Å²) >= 11 is 0. The maximum Gasteiger partial charge on any atom is 0.336 e. The number of aromatic carboxylic acids is 2. The van der Waals surface area contributed by atoms with Crippen LogP contribution in [0.2, 0.25) is 0 Å². The molecule has 0 amide bonds. The molecule has 0 bridgehead atoms. The van der Waals surface area contributed by atoms with Gasteiger partial charge in [0, 0.05) is 0 Å². The molecule has 0 radical (unpaired) electrons. The van der Waals surface area contributed by atoms with Crippen LogP contribution in [0.5, 0.6) is 0 Å². The number of rotatable bonds is 5. The van der Waals surface area contributed by atoms with Gasteiger partial charge in [-0.15, -0.1) is 5.11 Å². The van der Waals surface area contributed by atoms with Crippen molar-refractivity contribution in [2.75, 3.05) is 0 Å². The summed E-state index contributed by atoms with van der Waals surface area (Å²) in [6, 6.07) is 10.5. The van der Waals surface area contributed by atoms with Gasteiger partial charge < -0.3 is 10.2 Å². The van der Waals surface area contributed by atoms with Gasteiger partial charge in [-0.3, -0.25) is 0 Å². The van der Waals surface area contributed by atoms with Crippen LogP contribution in [0.25, 0.3) is 0 Å². The Morgan fingerprint density at radius 3 is 2.04 bits per heavy atom. The lowest BCUT2D eigenvalue weighted by Crippen LogP contribution is -2.07. The predicted octanol–water partition coefficient (Wildman–Crippen LogP) is 2.56. The zero-order valence-electron chi connectivity index (χ0n) is 11.4. The molecule has 0 aliphatic carbocycles. The number of hydrogen-bond donors (Lipinski definition) is 2. The highest BCUT2D eigenvalue weighted by Crippen LogP contribution is 2.21. The van der Waals surface area contributed by atoms with E-state index in [1.54, 1.807) is 6.07 Å². The Morgan fingerprint density at radius 1 is 0.870 bits per heavy atom. The molecule has 2 aromatic rings. The van der Waals surface area contributed by atoms with Gasteiger partial charge in [0.2, 0.25) is 0 Å². The summed E-state index contributed by atoms with van der Waals surface area (Å²) < 4.78 is 27.1. The van der Waals surface area contributed by atoms with E-state index >= 15 is 0 Å². The largest absolute Gasteiger partial charge is 0.478 e. The smallest absolute Gasteiger partial charge is 0.336 e. The van der Waals surface area contributed by atoms with E-state index < -0.39 is 33.1 Å². The number of carboxylic acids is 2. The van der Waals surface area contributed by atoms with Gasteiger partial charge in [0.25, 0.3) is 10.0 Å². The van der Waals surface area contributed by atoms with E-state index in [1.165, 1.54) is 30.3 Å². The number of benzene rings is 2. The van der Waals surface area contributed by atoms with Crippen molar-refractivity contribution in [1.29, 1.82) is 0 Å². The van der Waals surface area contributed by atoms with Gasteiger partial charge in [0.05, 0.1) is 21.7 Å². The summed E-state index contributed by atoms with van der Waals surface area (Å²) in [5.74, 6) is -2.88. The highest BCUT2D eigenvalue weighted by Gasteiger charge is 2.17. The third kappa shape index (κ3) is 3.77. The topological polar surface area (TPSA) is 133 Å². The van der Waals surface area contributed by atoms with Crippen molar-refractivity contribution in [2.24, 2.45) is 9.63 Å². The minimum Gasteiger partial charge on any atom is -0.478 e. The molecule has 2 rings (SSSR count). The molecule has 118 valence electrons. The summed E-state index contributed by atoms with van der Waals surface area (Å²) in [5, 5.41) is 21.4. The third-order valence-corrected chi connectivity index (χ3v) is 3.93. The van der Waals surface area contributed by atoms with Crippen LogP contribution in [-0.4, -0.2) is 30.6 Å². The van der Waals surface area contributed by atoms with Crippen molar-refractivity contribution in [3.05, 3.63) is 59.7 Å². The van der Waals surface area contributed by atoms with Crippen LogP contribution < -0.4 is 0 Å². The molecule has 0 spiro atoms. The number of carbonyl (C=O) groups is 2. The van der Waals surface area contributed by atoms with Crippen molar-refractivity contribution >= 4 is 27.6 Å². The van der Waals surface area contributed by atoms with Crippen LogP contribution >= 0.6 is 0 Å². The highest BCUT2D eigenvalue weighted by molar-refractivity contribution is 7.90. The summed E-state index contributed by atoms with van der Waals surface area (Å²) in [6.45, 7) is 0. The first-order valence-electron chi connectivity index (χ1n) is 6.15.